The van der Waals surface area contributed by atoms with E-state index in [1.54, 1.807) is 0 Å². The molecule has 3 rings (SSSR count). The van der Waals surface area contributed by atoms with Crippen LogP contribution in [0.3, 0.4) is 0 Å². The van der Waals surface area contributed by atoms with E-state index in [4.69, 9.17) is 5.11 Å². The Morgan fingerprint density at radius 2 is 1.82 bits per heavy atom. The third-order valence-electron chi connectivity index (χ3n) is 5.41. The molecule has 0 aliphatic carbocycles. The second kappa shape index (κ2) is 8.90. The zero-order valence-electron chi connectivity index (χ0n) is 17.3. The number of carbonyl (C=O) groups is 3. The van der Waals surface area contributed by atoms with Crippen LogP contribution in [0.5, 0.6) is 0 Å². The van der Waals surface area contributed by atoms with Crippen molar-refractivity contribution in [2.24, 2.45) is 0 Å². The molecule has 0 radical (unpaired) electrons. The molecule has 3 amide bonds. The number of carbonyl (C=O) groups excluding carboxylic acids is 2. The molecule has 0 bridgehead atoms. The van der Waals surface area contributed by atoms with E-state index in [1.807, 2.05) is 5.32 Å². The van der Waals surface area contributed by atoms with Gasteiger partial charge in [0.05, 0.1) is 19.1 Å². The molecule has 1 aromatic heterocycles. The Morgan fingerprint density at radius 1 is 1.15 bits per heavy atom. The first kappa shape index (κ1) is 25.5. The fraction of sp³-hybridized carbons (Fsp3) is 0.706. The number of nitrogens with zero attached hydrogens (tertiary/aromatic N) is 5. The summed E-state index contributed by atoms with van der Waals surface area (Å²) in [5.41, 5.74) is 0. The van der Waals surface area contributed by atoms with Gasteiger partial charge in [0.1, 0.15) is 0 Å². The smallest absolute Gasteiger partial charge is 0.461 e. The average Bonchev–Trinajstić information content (AvgIpc) is 3.13. The number of hydrogen-bond donors (Lipinski definition) is 2. The fourth-order valence-corrected chi connectivity index (χ4v) is 3.73. The zero-order chi connectivity index (χ0) is 25.5. The van der Waals surface area contributed by atoms with Crippen molar-refractivity contribution in [2.75, 3.05) is 19.6 Å². The van der Waals surface area contributed by atoms with E-state index in [2.05, 4.69) is 10.2 Å². The highest BCUT2D eigenvalue weighted by molar-refractivity contribution is 5.79. The lowest BCUT2D eigenvalue weighted by molar-refractivity contribution is -0.293. The molecule has 2 N–H and O–H groups in total. The van der Waals surface area contributed by atoms with Crippen molar-refractivity contribution in [1.29, 1.82) is 0 Å². The molecule has 190 valence electrons. The largest absolute Gasteiger partial charge is 0.465 e. The molecule has 0 saturated carbocycles. The van der Waals surface area contributed by atoms with Gasteiger partial charge in [0, 0.05) is 38.9 Å². The molecule has 1 fully saturated rings. The summed E-state index contributed by atoms with van der Waals surface area (Å²) in [4.78, 5) is 37.5. The Bertz CT molecular complexity index is 967. The van der Waals surface area contributed by atoms with Gasteiger partial charge in [-0.05, 0) is 0 Å². The number of aromatic nitrogens is 3. The van der Waals surface area contributed by atoms with Gasteiger partial charge >= 0.3 is 18.2 Å². The van der Waals surface area contributed by atoms with Gasteiger partial charge in [-0.25, -0.2) is 13.6 Å². The number of rotatable bonds is 6. The summed E-state index contributed by atoms with van der Waals surface area (Å²) in [5.74, 6) is -11.8. The predicted octanol–water partition coefficient (Wildman–Crippen LogP) is 1.56. The number of likely N-dealkylation sites (tertiary alicyclic amines) is 1. The van der Waals surface area contributed by atoms with Gasteiger partial charge < -0.3 is 24.8 Å². The molecule has 0 unspecified atom stereocenters. The van der Waals surface area contributed by atoms with Crippen molar-refractivity contribution in [1.82, 2.24) is 29.9 Å². The monoisotopic (exact) mass is 504 g/mol. The number of halogens is 7. The van der Waals surface area contributed by atoms with Crippen molar-refractivity contribution in [2.45, 2.75) is 56.4 Å². The summed E-state index contributed by atoms with van der Waals surface area (Å²) < 4.78 is 93.2. The van der Waals surface area contributed by atoms with Crippen molar-refractivity contribution < 1.29 is 50.2 Å². The molecule has 1 saturated heterocycles. The fourth-order valence-electron chi connectivity index (χ4n) is 3.73. The van der Waals surface area contributed by atoms with E-state index in [0.717, 1.165) is 9.80 Å². The summed E-state index contributed by atoms with van der Waals surface area (Å²) in [6.45, 7) is -2.74. The molecule has 2 aliphatic heterocycles. The Hall–Kier alpha value is -3.14. The van der Waals surface area contributed by atoms with Gasteiger partial charge in [0.2, 0.25) is 17.6 Å². The summed E-state index contributed by atoms with van der Waals surface area (Å²) in [6, 6.07) is -1.27. The van der Waals surface area contributed by atoms with Crippen LogP contribution in [0, 0.1) is 0 Å². The first-order chi connectivity index (χ1) is 15.6. The maximum atomic E-state index is 13.7. The van der Waals surface area contributed by atoms with Crippen LogP contribution in [0.1, 0.15) is 30.9 Å². The molecular formula is C17H19F7N6O4. The molecule has 3 heterocycles. The lowest BCUT2D eigenvalue weighted by atomic mass is 10.0. The normalized spacial score (nSPS) is 19.6. The van der Waals surface area contributed by atoms with Crippen molar-refractivity contribution >= 4 is 17.9 Å². The number of alkyl halides is 7. The van der Waals surface area contributed by atoms with Crippen molar-refractivity contribution in [3.8, 4) is 0 Å². The lowest BCUT2D eigenvalue weighted by Crippen LogP contribution is -2.53. The van der Waals surface area contributed by atoms with Gasteiger partial charge in [0.25, 0.3) is 5.92 Å². The van der Waals surface area contributed by atoms with E-state index in [-0.39, 0.29) is 12.4 Å². The summed E-state index contributed by atoms with van der Waals surface area (Å²) in [5, 5.41) is 17.2. The van der Waals surface area contributed by atoms with E-state index in [9.17, 15) is 45.1 Å². The maximum Gasteiger partial charge on any atom is 0.461 e. The number of amides is 3. The van der Waals surface area contributed by atoms with Gasteiger partial charge in [-0.1, -0.05) is 0 Å². The molecular weight excluding hydrogens is 485 g/mol. The SMILES string of the molecule is O=C(O)N[C@@H](CC(=O)N1CCn2c(nnc2C(F)(F)C(F)(F)F)C1)CN1CC(F)(F)CCC1=O. The van der Waals surface area contributed by atoms with E-state index in [1.165, 1.54) is 0 Å². The van der Waals surface area contributed by atoms with Crippen LogP contribution >= 0.6 is 0 Å². The van der Waals surface area contributed by atoms with E-state index in [0.29, 0.717) is 4.57 Å². The Balaban J connectivity index is 1.69. The lowest BCUT2D eigenvalue weighted by Gasteiger charge is -2.35. The first-order valence-corrected chi connectivity index (χ1v) is 9.90. The predicted molar refractivity (Wildman–Crippen MR) is 95.7 cm³/mol. The molecule has 1 aromatic rings. The minimum absolute atomic E-state index is 0.314. The summed E-state index contributed by atoms with van der Waals surface area (Å²) >= 11 is 0. The highest BCUT2D eigenvalue weighted by Crippen LogP contribution is 2.43. The maximum absolute atomic E-state index is 13.7. The van der Waals surface area contributed by atoms with Crippen LogP contribution in [0.15, 0.2) is 0 Å². The van der Waals surface area contributed by atoms with Crippen molar-refractivity contribution in [3.63, 3.8) is 0 Å². The van der Waals surface area contributed by atoms with Crippen LogP contribution in [0.25, 0.3) is 0 Å². The minimum Gasteiger partial charge on any atom is -0.465 e. The van der Waals surface area contributed by atoms with Gasteiger partial charge in [0.15, 0.2) is 5.82 Å². The Labute approximate surface area is 186 Å². The van der Waals surface area contributed by atoms with Crippen LogP contribution < -0.4 is 5.32 Å². The van der Waals surface area contributed by atoms with Crippen LogP contribution in [-0.2, 0) is 28.6 Å². The number of fused-ring (bicyclic) bond motifs is 1. The summed E-state index contributed by atoms with van der Waals surface area (Å²) in [7, 11) is 0. The highest BCUT2D eigenvalue weighted by atomic mass is 19.4. The molecule has 2 aliphatic rings. The van der Waals surface area contributed by atoms with Gasteiger partial charge in [-0.15, -0.1) is 10.2 Å². The van der Waals surface area contributed by atoms with Crippen LogP contribution in [-0.4, -0.2) is 85.4 Å². The summed E-state index contributed by atoms with van der Waals surface area (Å²) in [6.07, 6.45) is -9.16. The second-order valence-corrected chi connectivity index (χ2v) is 7.96. The van der Waals surface area contributed by atoms with Crippen molar-refractivity contribution in [3.05, 3.63) is 11.6 Å². The standard InChI is InChI=1S/C17H19F7N6O4/c18-15(19)2-1-11(31)29(8-15)6-9(25-14(33)34)5-12(32)28-3-4-30-10(7-28)26-27-13(30)16(20,21)17(22,23)24/h9,25H,1-8H2,(H,33,34)/t9-/m0/s1. The molecule has 34 heavy (non-hydrogen) atoms. The number of hydrogen-bond acceptors (Lipinski definition) is 5. The number of carboxylic acid groups (broad SMARTS) is 1. The quantitative estimate of drug-likeness (QED) is 0.568. The van der Waals surface area contributed by atoms with Crippen LogP contribution in [0.2, 0.25) is 0 Å². The third-order valence-corrected chi connectivity index (χ3v) is 5.41. The molecule has 10 nitrogen and oxygen atoms in total. The average molecular weight is 504 g/mol. The first-order valence-electron chi connectivity index (χ1n) is 9.90. The molecule has 0 spiro atoms. The topological polar surface area (TPSA) is 121 Å². The molecule has 0 aromatic carbocycles. The number of piperidine rings is 1. The minimum atomic E-state index is -5.90. The van der Waals surface area contributed by atoms with E-state index < -0.39 is 93.2 Å². The van der Waals surface area contributed by atoms with E-state index >= 15 is 0 Å². The highest BCUT2D eigenvalue weighted by Gasteiger charge is 2.62. The Morgan fingerprint density at radius 3 is 2.44 bits per heavy atom. The van der Waals surface area contributed by atoms with Gasteiger partial charge in [-0.3, -0.25) is 9.59 Å². The molecule has 1 atom stereocenters. The van der Waals surface area contributed by atoms with Crippen LogP contribution in [0.4, 0.5) is 35.5 Å². The van der Waals surface area contributed by atoms with Gasteiger partial charge in [-0.2, -0.15) is 22.0 Å². The third kappa shape index (κ3) is 5.32. The Kier molecular flexibility index (Phi) is 6.67. The second-order valence-electron chi connectivity index (χ2n) is 7.96. The number of nitrogens with one attached hydrogen (secondary N) is 1. The molecule has 17 heteroatoms. The zero-order valence-corrected chi connectivity index (χ0v) is 17.3.